The third-order valence-electron chi connectivity index (χ3n) is 2.39. The van der Waals surface area contributed by atoms with Crippen LogP contribution in [0, 0.1) is 0 Å². The van der Waals surface area contributed by atoms with Crippen molar-refractivity contribution in [2.75, 3.05) is 30.4 Å². The van der Waals surface area contributed by atoms with Crippen LogP contribution in [0.3, 0.4) is 0 Å². The first-order valence-electron chi connectivity index (χ1n) is 4.89. The molecule has 1 aliphatic rings. The molecule has 1 aromatic heterocycles. The van der Waals surface area contributed by atoms with Crippen molar-refractivity contribution in [3.63, 3.8) is 0 Å². The predicted molar refractivity (Wildman–Crippen MR) is 57.6 cm³/mol. The number of aromatic nitrogens is 2. The maximum atomic E-state index is 11.2. The third kappa shape index (κ3) is 2.03. The first-order chi connectivity index (χ1) is 7.68. The summed E-state index contributed by atoms with van der Waals surface area (Å²) in [5.74, 6) is 0.420. The minimum atomic E-state index is -0.509. The fraction of sp³-hybridized carbons (Fsp3) is 0.444. The molecule has 0 aromatic carbocycles. The summed E-state index contributed by atoms with van der Waals surface area (Å²) in [6, 6.07) is -0.509. The number of anilines is 2. The van der Waals surface area contributed by atoms with E-state index in [1.54, 1.807) is 11.1 Å². The normalized spacial score (nSPS) is 20.8. The van der Waals surface area contributed by atoms with Crippen LogP contribution in [-0.4, -0.2) is 41.7 Å². The van der Waals surface area contributed by atoms with Gasteiger partial charge in [-0.3, -0.25) is 9.78 Å². The largest absolute Gasteiger partial charge is 0.382 e. The number of ether oxygens (including phenoxy) is 1. The number of carbonyl (C=O) groups is 1. The van der Waals surface area contributed by atoms with E-state index < -0.39 is 11.9 Å². The van der Waals surface area contributed by atoms with Gasteiger partial charge in [0.25, 0.3) is 0 Å². The number of carbonyl (C=O) groups excluding carboxylic acids is 1. The third-order valence-corrected chi connectivity index (χ3v) is 2.39. The van der Waals surface area contributed by atoms with Crippen LogP contribution in [0.25, 0.3) is 0 Å². The average Bonchev–Trinajstić information content (AvgIpc) is 2.29. The van der Waals surface area contributed by atoms with Crippen molar-refractivity contribution in [1.29, 1.82) is 0 Å². The van der Waals surface area contributed by atoms with Crippen molar-refractivity contribution in [2.45, 2.75) is 6.04 Å². The molecule has 2 heterocycles. The van der Waals surface area contributed by atoms with Gasteiger partial charge in [-0.2, -0.15) is 0 Å². The lowest BCUT2D eigenvalue weighted by molar-refractivity contribution is -0.121. The molecule has 0 bridgehead atoms. The van der Waals surface area contributed by atoms with Crippen LogP contribution >= 0.6 is 0 Å². The minimum Gasteiger partial charge on any atom is -0.382 e. The summed E-state index contributed by atoms with van der Waals surface area (Å²) in [5.41, 5.74) is 10.8. The number of hydrogen-bond acceptors (Lipinski definition) is 6. The number of morpholine rings is 1. The van der Waals surface area contributed by atoms with E-state index in [-0.39, 0.29) is 6.61 Å². The molecule has 1 aromatic rings. The van der Waals surface area contributed by atoms with Crippen LogP contribution in [0.15, 0.2) is 12.4 Å². The highest BCUT2D eigenvalue weighted by atomic mass is 16.5. The molecule has 1 unspecified atom stereocenters. The SMILES string of the molecule is NC(=O)C1COCCN1c1cncc(N)n1. The topological polar surface area (TPSA) is 107 Å². The van der Waals surface area contributed by atoms with Crippen molar-refractivity contribution in [3.8, 4) is 0 Å². The Kier molecular flexibility index (Phi) is 2.86. The molecule has 0 saturated carbocycles. The van der Waals surface area contributed by atoms with E-state index in [0.29, 0.717) is 24.8 Å². The van der Waals surface area contributed by atoms with Crippen LogP contribution < -0.4 is 16.4 Å². The van der Waals surface area contributed by atoms with Crippen molar-refractivity contribution in [1.82, 2.24) is 9.97 Å². The Morgan fingerprint density at radius 2 is 2.38 bits per heavy atom. The highest BCUT2D eigenvalue weighted by Crippen LogP contribution is 2.16. The van der Waals surface area contributed by atoms with E-state index in [1.807, 2.05) is 0 Å². The molecule has 0 spiro atoms. The second-order valence-electron chi connectivity index (χ2n) is 3.49. The number of nitrogen functional groups attached to an aromatic ring is 1. The van der Waals surface area contributed by atoms with Gasteiger partial charge in [-0.25, -0.2) is 4.98 Å². The molecule has 1 amide bonds. The average molecular weight is 223 g/mol. The van der Waals surface area contributed by atoms with Gasteiger partial charge in [-0.1, -0.05) is 0 Å². The van der Waals surface area contributed by atoms with Crippen LogP contribution in [0.2, 0.25) is 0 Å². The van der Waals surface area contributed by atoms with Crippen LogP contribution in [0.5, 0.6) is 0 Å². The lowest BCUT2D eigenvalue weighted by Gasteiger charge is -2.34. The van der Waals surface area contributed by atoms with Crippen LogP contribution in [0.1, 0.15) is 0 Å². The standard InChI is InChI=1S/C9H13N5O2/c10-7-3-12-4-8(13-7)14-1-2-16-5-6(14)9(11)15/h3-4,6H,1-2,5H2,(H2,10,13)(H2,11,15). The molecule has 1 fully saturated rings. The molecular weight excluding hydrogens is 210 g/mol. The smallest absolute Gasteiger partial charge is 0.242 e. The number of nitrogens with zero attached hydrogens (tertiary/aromatic N) is 3. The highest BCUT2D eigenvalue weighted by Gasteiger charge is 2.28. The molecule has 1 atom stereocenters. The van der Waals surface area contributed by atoms with E-state index in [4.69, 9.17) is 16.2 Å². The molecule has 86 valence electrons. The first kappa shape index (κ1) is 10.6. The minimum absolute atomic E-state index is 0.270. The molecule has 0 radical (unpaired) electrons. The Morgan fingerprint density at radius 3 is 3.06 bits per heavy atom. The summed E-state index contributed by atoms with van der Waals surface area (Å²) in [4.78, 5) is 21.0. The van der Waals surface area contributed by atoms with E-state index in [2.05, 4.69) is 9.97 Å². The van der Waals surface area contributed by atoms with Crippen molar-refractivity contribution in [3.05, 3.63) is 12.4 Å². The van der Waals surface area contributed by atoms with E-state index >= 15 is 0 Å². The summed E-state index contributed by atoms with van der Waals surface area (Å²) < 4.78 is 5.20. The number of amides is 1. The molecular formula is C9H13N5O2. The fourth-order valence-electron chi connectivity index (χ4n) is 1.62. The Morgan fingerprint density at radius 1 is 1.56 bits per heavy atom. The van der Waals surface area contributed by atoms with Gasteiger partial charge < -0.3 is 21.1 Å². The number of nitrogens with two attached hydrogens (primary N) is 2. The molecule has 7 heteroatoms. The molecule has 7 nitrogen and oxygen atoms in total. The van der Waals surface area contributed by atoms with Gasteiger partial charge in [0, 0.05) is 6.54 Å². The fourth-order valence-corrected chi connectivity index (χ4v) is 1.62. The Balaban J connectivity index is 2.26. The Labute approximate surface area is 92.4 Å². The zero-order valence-corrected chi connectivity index (χ0v) is 8.67. The quantitative estimate of drug-likeness (QED) is 0.648. The summed E-state index contributed by atoms with van der Waals surface area (Å²) in [5, 5.41) is 0. The van der Waals surface area contributed by atoms with E-state index in [9.17, 15) is 4.79 Å². The lowest BCUT2D eigenvalue weighted by atomic mass is 10.2. The van der Waals surface area contributed by atoms with Gasteiger partial charge in [0.2, 0.25) is 5.91 Å². The summed E-state index contributed by atoms with van der Waals surface area (Å²) in [6.07, 6.45) is 3.00. The van der Waals surface area contributed by atoms with E-state index in [0.717, 1.165) is 0 Å². The molecule has 4 N–H and O–H groups in total. The van der Waals surface area contributed by atoms with Gasteiger partial charge in [0.15, 0.2) is 0 Å². The predicted octanol–water partition coefficient (Wildman–Crippen LogP) is -1.25. The number of rotatable bonds is 2. The maximum absolute atomic E-state index is 11.2. The molecule has 1 saturated heterocycles. The van der Waals surface area contributed by atoms with Crippen molar-refractivity contribution >= 4 is 17.5 Å². The number of primary amides is 1. The van der Waals surface area contributed by atoms with Gasteiger partial charge >= 0.3 is 0 Å². The van der Waals surface area contributed by atoms with Crippen molar-refractivity contribution in [2.24, 2.45) is 5.73 Å². The first-order valence-corrected chi connectivity index (χ1v) is 4.89. The maximum Gasteiger partial charge on any atom is 0.242 e. The van der Waals surface area contributed by atoms with Gasteiger partial charge in [0.1, 0.15) is 17.7 Å². The molecule has 2 rings (SSSR count). The van der Waals surface area contributed by atoms with Gasteiger partial charge in [0.05, 0.1) is 25.6 Å². The van der Waals surface area contributed by atoms with Crippen LogP contribution in [0.4, 0.5) is 11.6 Å². The zero-order chi connectivity index (χ0) is 11.5. The van der Waals surface area contributed by atoms with Crippen LogP contribution in [-0.2, 0) is 9.53 Å². The molecule has 16 heavy (non-hydrogen) atoms. The Bertz CT molecular complexity index is 397. The highest BCUT2D eigenvalue weighted by molar-refractivity contribution is 5.83. The second-order valence-corrected chi connectivity index (χ2v) is 3.49. The zero-order valence-electron chi connectivity index (χ0n) is 8.67. The summed E-state index contributed by atoms with van der Waals surface area (Å²) in [7, 11) is 0. The molecule has 1 aliphatic heterocycles. The summed E-state index contributed by atoms with van der Waals surface area (Å²) in [6.45, 7) is 1.35. The van der Waals surface area contributed by atoms with Gasteiger partial charge in [-0.05, 0) is 0 Å². The second kappa shape index (κ2) is 4.31. The van der Waals surface area contributed by atoms with Crippen molar-refractivity contribution < 1.29 is 9.53 Å². The lowest BCUT2D eigenvalue weighted by Crippen LogP contribution is -2.53. The number of hydrogen-bond donors (Lipinski definition) is 2. The summed E-state index contributed by atoms with van der Waals surface area (Å²) >= 11 is 0. The van der Waals surface area contributed by atoms with Gasteiger partial charge in [-0.15, -0.1) is 0 Å². The monoisotopic (exact) mass is 223 g/mol. The Hall–Kier alpha value is -1.89. The molecule has 0 aliphatic carbocycles. The van der Waals surface area contributed by atoms with E-state index in [1.165, 1.54) is 6.20 Å².